The second kappa shape index (κ2) is 2.58. The minimum atomic E-state index is 0.811. The fourth-order valence-electron chi connectivity index (χ4n) is 0.932. The maximum Gasteiger partial charge on any atom is 0.181 e. The second-order valence-electron chi connectivity index (χ2n) is 2.20. The van der Waals surface area contributed by atoms with E-state index in [0.29, 0.717) is 0 Å². The summed E-state index contributed by atoms with van der Waals surface area (Å²) < 4.78 is 5.11. The van der Waals surface area contributed by atoms with Crippen LogP contribution in [0.25, 0.3) is 12.2 Å². The van der Waals surface area contributed by atoms with Gasteiger partial charge in [-0.05, 0) is 12.2 Å². The van der Waals surface area contributed by atoms with E-state index in [1.807, 2.05) is 36.5 Å². The lowest BCUT2D eigenvalue weighted by Crippen LogP contribution is -2.21. The Hall–Kier alpha value is -1.57. The second-order valence-corrected chi connectivity index (χ2v) is 2.20. The number of hydrogen-bond donors (Lipinski definition) is 0. The van der Waals surface area contributed by atoms with Crippen molar-refractivity contribution < 1.29 is 4.42 Å². The van der Waals surface area contributed by atoms with Crippen molar-refractivity contribution in [3.63, 3.8) is 0 Å². The van der Waals surface area contributed by atoms with Gasteiger partial charge in [-0.1, -0.05) is 24.3 Å². The third-order valence-electron chi connectivity index (χ3n) is 1.46. The summed E-state index contributed by atoms with van der Waals surface area (Å²) in [6, 6.07) is 0. The average Bonchev–Trinajstić information content (AvgIpc) is 2.35. The summed E-state index contributed by atoms with van der Waals surface area (Å²) in [5.74, 6) is 0. The van der Waals surface area contributed by atoms with Crippen LogP contribution in [0.4, 0.5) is 0 Å². The highest BCUT2D eigenvalue weighted by atomic mass is 16.3. The highest BCUT2D eigenvalue weighted by Crippen LogP contribution is 1.82. The van der Waals surface area contributed by atoms with Crippen molar-refractivity contribution in [2.75, 3.05) is 0 Å². The molecule has 0 saturated heterocycles. The molecule has 0 unspecified atom stereocenters. The molecule has 1 aromatic heterocycles. The highest BCUT2D eigenvalue weighted by molar-refractivity contribution is 5.44. The van der Waals surface area contributed by atoms with Gasteiger partial charge in [-0.25, -0.2) is 4.98 Å². The van der Waals surface area contributed by atoms with E-state index in [-0.39, 0.29) is 0 Å². The molecule has 1 aromatic rings. The van der Waals surface area contributed by atoms with Crippen molar-refractivity contribution in [3.05, 3.63) is 41.5 Å². The third kappa shape index (κ3) is 1.15. The van der Waals surface area contributed by atoms with Crippen LogP contribution in [-0.4, -0.2) is 4.98 Å². The SMILES string of the molecule is C1=C/C=c2\ocn\c2=C\C=C1. The zero-order valence-electron chi connectivity index (χ0n) is 5.90. The molecule has 2 rings (SSSR count). The molecule has 0 N–H and O–H groups in total. The first-order valence-electron chi connectivity index (χ1n) is 3.42. The van der Waals surface area contributed by atoms with Gasteiger partial charge >= 0.3 is 0 Å². The van der Waals surface area contributed by atoms with Crippen LogP contribution in [0, 0.1) is 0 Å². The fourth-order valence-corrected chi connectivity index (χ4v) is 0.932. The molecule has 11 heavy (non-hydrogen) atoms. The Balaban J connectivity index is 2.80. The Morgan fingerprint density at radius 2 is 1.82 bits per heavy atom. The summed E-state index contributed by atoms with van der Waals surface area (Å²) in [7, 11) is 0. The monoisotopic (exact) mass is 145 g/mol. The van der Waals surface area contributed by atoms with Gasteiger partial charge in [0.15, 0.2) is 11.8 Å². The van der Waals surface area contributed by atoms with Crippen LogP contribution in [0.1, 0.15) is 0 Å². The van der Waals surface area contributed by atoms with E-state index >= 15 is 0 Å². The molecule has 0 fully saturated rings. The maximum atomic E-state index is 5.11. The Labute approximate surface area is 63.9 Å². The van der Waals surface area contributed by atoms with E-state index in [4.69, 9.17) is 4.42 Å². The van der Waals surface area contributed by atoms with Gasteiger partial charge in [0.1, 0.15) is 5.35 Å². The Bertz CT molecular complexity index is 371. The van der Waals surface area contributed by atoms with Crippen molar-refractivity contribution >= 4 is 12.2 Å². The van der Waals surface area contributed by atoms with Gasteiger partial charge in [0.05, 0.1) is 0 Å². The minimum Gasteiger partial charge on any atom is -0.443 e. The van der Waals surface area contributed by atoms with Crippen LogP contribution in [0.3, 0.4) is 0 Å². The summed E-state index contributed by atoms with van der Waals surface area (Å²) in [5, 5.41) is 0.880. The molecular weight excluding hydrogens is 138 g/mol. The zero-order valence-corrected chi connectivity index (χ0v) is 5.90. The van der Waals surface area contributed by atoms with Crippen molar-refractivity contribution in [3.8, 4) is 0 Å². The van der Waals surface area contributed by atoms with Crippen LogP contribution < -0.4 is 10.8 Å². The average molecular weight is 145 g/mol. The molecule has 1 aliphatic rings. The van der Waals surface area contributed by atoms with Gasteiger partial charge in [0.25, 0.3) is 0 Å². The summed E-state index contributed by atoms with van der Waals surface area (Å²) in [6.45, 7) is 0. The number of hydrogen-bond acceptors (Lipinski definition) is 2. The van der Waals surface area contributed by atoms with Crippen LogP contribution in [0.2, 0.25) is 0 Å². The van der Waals surface area contributed by atoms with E-state index in [9.17, 15) is 0 Å². The molecule has 54 valence electrons. The van der Waals surface area contributed by atoms with Gasteiger partial charge in [0.2, 0.25) is 0 Å². The molecule has 0 bridgehead atoms. The van der Waals surface area contributed by atoms with Crippen LogP contribution in [-0.2, 0) is 0 Å². The summed E-state index contributed by atoms with van der Waals surface area (Å²) >= 11 is 0. The molecule has 0 atom stereocenters. The molecule has 0 radical (unpaired) electrons. The first kappa shape index (κ1) is 6.16. The molecule has 1 aliphatic carbocycles. The molecule has 0 aromatic carbocycles. The van der Waals surface area contributed by atoms with Gasteiger partial charge in [-0.2, -0.15) is 0 Å². The molecular formula is C9H7NO. The van der Waals surface area contributed by atoms with Crippen molar-refractivity contribution in [1.29, 1.82) is 0 Å². The molecule has 1 heterocycles. The topological polar surface area (TPSA) is 26.0 Å². The standard InChI is InChI=1S/C9H7NO/c1-2-4-6-9-8(5-3-1)10-7-11-9/h1-7H/b2-1?,3-1?,4-2?,5-3?,6-4?,8-5+,9-6-. The van der Waals surface area contributed by atoms with Crippen LogP contribution >= 0.6 is 0 Å². The van der Waals surface area contributed by atoms with E-state index in [2.05, 4.69) is 4.98 Å². The van der Waals surface area contributed by atoms with Gasteiger partial charge in [0, 0.05) is 0 Å². The van der Waals surface area contributed by atoms with Crippen LogP contribution in [0.5, 0.6) is 0 Å². The normalized spacial score (nSPS) is 20.4. The quantitative estimate of drug-likeness (QED) is 0.527. The number of rotatable bonds is 0. The largest absolute Gasteiger partial charge is 0.443 e. The summed E-state index contributed by atoms with van der Waals surface area (Å²) in [5.41, 5.74) is 0.811. The molecule has 0 spiro atoms. The van der Waals surface area contributed by atoms with Gasteiger partial charge in [-0.3, -0.25) is 0 Å². The van der Waals surface area contributed by atoms with Crippen molar-refractivity contribution in [2.45, 2.75) is 0 Å². The maximum absolute atomic E-state index is 5.11. The summed E-state index contributed by atoms with van der Waals surface area (Å²) in [4.78, 5) is 4.02. The Kier molecular flexibility index (Phi) is 1.44. The van der Waals surface area contributed by atoms with E-state index < -0.39 is 0 Å². The molecule has 0 amide bonds. The number of allylic oxidation sites excluding steroid dienone is 4. The first-order valence-corrected chi connectivity index (χ1v) is 3.42. The van der Waals surface area contributed by atoms with Crippen LogP contribution in [0.15, 0.2) is 35.1 Å². The lowest BCUT2D eigenvalue weighted by atomic mass is 10.3. The number of nitrogens with zero attached hydrogens (tertiary/aromatic N) is 1. The molecule has 2 heteroatoms. The third-order valence-corrected chi connectivity index (χ3v) is 1.46. The molecule has 0 saturated carbocycles. The lowest BCUT2D eigenvalue weighted by Gasteiger charge is -1.78. The van der Waals surface area contributed by atoms with E-state index in [0.717, 1.165) is 10.8 Å². The Morgan fingerprint density at radius 1 is 1.00 bits per heavy atom. The van der Waals surface area contributed by atoms with Gasteiger partial charge in [-0.15, -0.1) is 0 Å². The number of oxazole rings is 1. The first-order chi connectivity index (χ1) is 5.47. The predicted octanol–water partition coefficient (Wildman–Crippen LogP) is 0.362. The predicted molar refractivity (Wildman–Crippen MR) is 43.0 cm³/mol. The Morgan fingerprint density at radius 3 is 2.73 bits per heavy atom. The minimum absolute atomic E-state index is 0.811. The van der Waals surface area contributed by atoms with Crippen molar-refractivity contribution in [1.82, 2.24) is 4.98 Å². The van der Waals surface area contributed by atoms with E-state index in [1.54, 1.807) is 0 Å². The smallest absolute Gasteiger partial charge is 0.181 e. The number of aromatic nitrogens is 1. The molecule has 2 nitrogen and oxygen atoms in total. The number of fused-ring (bicyclic) bond motifs is 1. The van der Waals surface area contributed by atoms with E-state index in [1.165, 1.54) is 6.39 Å². The highest BCUT2D eigenvalue weighted by Gasteiger charge is 1.87. The fraction of sp³-hybridized carbons (Fsp3) is 0. The zero-order chi connectivity index (χ0) is 7.52. The lowest BCUT2D eigenvalue weighted by molar-refractivity contribution is 0.525. The molecule has 0 aliphatic heterocycles. The van der Waals surface area contributed by atoms with Gasteiger partial charge < -0.3 is 4.42 Å². The summed E-state index contributed by atoms with van der Waals surface area (Å²) in [6.07, 6.45) is 13.0. The van der Waals surface area contributed by atoms with Crippen molar-refractivity contribution in [2.24, 2.45) is 0 Å².